The summed E-state index contributed by atoms with van der Waals surface area (Å²) in [7, 11) is -4.02. The van der Waals surface area contributed by atoms with Gasteiger partial charge in [0.05, 0.1) is 0 Å². The normalized spacial score (nSPS) is 13.5. The van der Waals surface area contributed by atoms with Gasteiger partial charge in [-0.25, -0.2) is 17.5 Å². The Labute approximate surface area is 192 Å². The summed E-state index contributed by atoms with van der Waals surface area (Å²) in [6.07, 6.45) is 1.45. The summed E-state index contributed by atoms with van der Waals surface area (Å²) in [5, 5.41) is 2.75. The zero-order valence-corrected chi connectivity index (χ0v) is 19.2. The number of hydrogen-bond donors (Lipinski definition) is 2. The molecule has 172 valence electrons. The predicted molar refractivity (Wildman–Crippen MR) is 124 cm³/mol. The van der Waals surface area contributed by atoms with Gasteiger partial charge in [0.1, 0.15) is 23.1 Å². The topological polar surface area (TPSA) is 84.5 Å². The van der Waals surface area contributed by atoms with E-state index in [4.69, 9.17) is 4.74 Å². The highest BCUT2D eigenvalue weighted by Gasteiger charge is 2.30. The maximum atomic E-state index is 14.2. The third-order valence-corrected chi connectivity index (χ3v) is 6.85. The second-order valence-corrected chi connectivity index (χ2v) is 9.93. The predicted octanol–water partition coefficient (Wildman–Crippen LogP) is 4.71. The van der Waals surface area contributed by atoms with Crippen LogP contribution in [0.15, 0.2) is 65.6 Å². The van der Waals surface area contributed by atoms with Crippen LogP contribution in [-0.2, 0) is 16.6 Å². The van der Waals surface area contributed by atoms with E-state index < -0.39 is 26.6 Å². The highest BCUT2D eigenvalue weighted by molar-refractivity contribution is 7.89. The molecule has 33 heavy (non-hydrogen) atoms. The van der Waals surface area contributed by atoms with Crippen LogP contribution in [0, 0.1) is 19.7 Å². The maximum absolute atomic E-state index is 14.2. The number of benzene rings is 3. The molecule has 1 fully saturated rings. The lowest BCUT2D eigenvalue weighted by Crippen LogP contribution is -2.27. The Morgan fingerprint density at radius 3 is 2.55 bits per heavy atom. The Morgan fingerprint density at radius 1 is 1.06 bits per heavy atom. The quantitative estimate of drug-likeness (QED) is 0.501. The van der Waals surface area contributed by atoms with Gasteiger partial charge in [-0.15, -0.1) is 0 Å². The van der Waals surface area contributed by atoms with Crippen LogP contribution >= 0.6 is 0 Å². The molecule has 8 heteroatoms. The van der Waals surface area contributed by atoms with Crippen molar-refractivity contribution in [2.24, 2.45) is 0 Å². The summed E-state index contributed by atoms with van der Waals surface area (Å²) < 4.78 is 47.3. The van der Waals surface area contributed by atoms with E-state index in [1.807, 2.05) is 38.1 Å². The molecule has 1 amide bonds. The second kappa shape index (κ2) is 9.33. The van der Waals surface area contributed by atoms with Crippen LogP contribution in [0.2, 0.25) is 0 Å². The van der Waals surface area contributed by atoms with Crippen molar-refractivity contribution < 1.29 is 22.3 Å². The summed E-state index contributed by atoms with van der Waals surface area (Å²) in [5.41, 5.74) is 3.59. The van der Waals surface area contributed by atoms with Crippen molar-refractivity contribution in [1.29, 1.82) is 0 Å². The number of carbonyl (C=O) groups excluding carboxylic acids is 1. The minimum atomic E-state index is -4.02. The lowest BCUT2D eigenvalue weighted by Gasteiger charge is -2.13. The van der Waals surface area contributed by atoms with Gasteiger partial charge < -0.3 is 10.1 Å². The van der Waals surface area contributed by atoms with Crippen molar-refractivity contribution in [1.82, 2.24) is 4.72 Å². The fourth-order valence-electron chi connectivity index (χ4n) is 3.36. The van der Waals surface area contributed by atoms with Crippen LogP contribution in [0.1, 0.15) is 39.9 Å². The summed E-state index contributed by atoms with van der Waals surface area (Å²) in [4.78, 5) is 12.2. The number of amides is 1. The molecule has 0 aliphatic heterocycles. The SMILES string of the molecule is Cc1cccc(COc2ccc(NC(=O)c3ccc(F)c(S(=O)(=O)NC4CC4)c3)c(C)c2)c1. The second-order valence-electron chi connectivity index (χ2n) is 8.25. The Bertz CT molecular complexity index is 1300. The number of halogens is 1. The molecule has 0 spiro atoms. The Hall–Kier alpha value is -3.23. The van der Waals surface area contributed by atoms with Crippen molar-refractivity contribution in [3.05, 3.63) is 88.7 Å². The standard InChI is InChI=1S/C25H25FN2O4S/c1-16-4-3-5-18(12-16)15-32-21-9-11-23(17(2)13-21)27-25(29)19-6-10-22(26)24(14-19)33(30,31)28-20-7-8-20/h3-6,9-14,20,28H,7-8,15H2,1-2H3,(H,27,29). The van der Waals surface area contributed by atoms with E-state index in [2.05, 4.69) is 16.1 Å². The molecule has 3 aromatic carbocycles. The Kier molecular flexibility index (Phi) is 6.49. The first kappa shape index (κ1) is 22.9. The van der Waals surface area contributed by atoms with E-state index in [-0.39, 0.29) is 11.6 Å². The first-order valence-electron chi connectivity index (χ1n) is 10.6. The van der Waals surface area contributed by atoms with E-state index >= 15 is 0 Å². The number of sulfonamides is 1. The molecule has 6 nitrogen and oxygen atoms in total. The number of aryl methyl sites for hydroxylation is 2. The van der Waals surface area contributed by atoms with Gasteiger partial charge >= 0.3 is 0 Å². The number of ether oxygens (including phenoxy) is 1. The summed E-state index contributed by atoms with van der Waals surface area (Å²) in [6.45, 7) is 4.28. The van der Waals surface area contributed by atoms with Crippen LogP contribution in [0.3, 0.4) is 0 Å². The highest BCUT2D eigenvalue weighted by atomic mass is 32.2. The largest absolute Gasteiger partial charge is 0.489 e. The van der Waals surface area contributed by atoms with Gasteiger partial charge in [-0.05, 0) is 74.2 Å². The van der Waals surface area contributed by atoms with Crippen molar-refractivity contribution in [3.8, 4) is 5.75 Å². The van der Waals surface area contributed by atoms with Crippen molar-refractivity contribution in [2.45, 2.75) is 44.2 Å². The fourth-order valence-corrected chi connectivity index (χ4v) is 4.77. The van der Waals surface area contributed by atoms with E-state index in [0.29, 0.717) is 18.0 Å². The molecule has 0 unspecified atom stereocenters. The van der Waals surface area contributed by atoms with Crippen LogP contribution in [0.4, 0.5) is 10.1 Å². The highest BCUT2D eigenvalue weighted by Crippen LogP contribution is 2.26. The molecule has 3 aromatic rings. The molecule has 0 atom stereocenters. The third kappa shape index (κ3) is 5.77. The fraction of sp³-hybridized carbons (Fsp3) is 0.240. The number of hydrogen-bond acceptors (Lipinski definition) is 4. The summed E-state index contributed by atoms with van der Waals surface area (Å²) in [6, 6.07) is 16.5. The summed E-state index contributed by atoms with van der Waals surface area (Å²) in [5.74, 6) is -0.770. The molecule has 4 rings (SSSR count). The lowest BCUT2D eigenvalue weighted by molar-refractivity contribution is 0.102. The Morgan fingerprint density at radius 2 is 1.85 bits per heavy atom. The minimum Gasteiger partial charge on any atom is -0.489 e. The van der Waals surface area contributed by atoms with Gasteiger partial charge in [0.25, 0.3) is 5.91 Å². The summed E-state index contributed by atoms with van der Waals surface area (Å²) >= 11 is 0. The number of nitrogens with one attached hydrogen (secondary N) is 2. The van der Waals surface area contributed by atoms with Crippen molar-refractivity contribution in [3.63, 3.8) is 0 Å². The molecule has 1 aliphatic rings. The molecule has 2 N–H and O–H groups in total. The number of rotatable bonds is 8. The smallest absolute Gasteiger partial charge is 0.255 e. The van der Waals surface area contributed by atoms with Crippen molar-refractivity contribution >= 4 is 21.6 Å². The molecule has 0 bridgehead atoms. The zero-order valence-electron chi connectivity index (χ0n) is 18.4. The van der Waals surface area contributed by atoms with Crippen LogP contribution in [0.25, 0.3) is 0 Å². The molecule has 0 saturated heterocycles. The zero-order chi connectivity index (χ0) is 23.6. The van der Waals surface area contributed by atoms with Gasteiger partial charge in [0, 0.05) is 17.3 Å². The number of anilines is 1. The van der Waals surface area contributed by atoms with Gasteiger partial charge in [0.2, 0.25) is 10.0 Å². The first-order valence-corrected chi connectivity index (χ1v) is 12.1. The van der Waals surface area contributed by atoms with E-state index in [1.54, 1.807) is 12.1 Å². The van der Waals surface area contributed by atoms with Crippen LogP contribution in [-0.4, -0.2) is 20.4 Å². The van der Waals surface area contributed by atoms with E-state index in [1.165, 1.54) is 6.07 Å². The average Bonchev–Trinajstić information content (AvgIpc) is 3.57. The van der Waals surface area contributed by atoms with E-state index in [0.717, 1.165) is 41.7 Å². The molecule has 0 radical (unpaired) electrons. The van der Waals surface area contributed by atoms with E-state index in [9.17, 15) is 17.6 Å². The van der Waals surface area contributed by atoms with Gasteiger partial charge in [-0.2, -0.15) is 0 Å². The first-order chi connectivity index (χ1) is 15.7. The molecular weight excluding hydrogens is 443 g/mol. The van der Waals surface area contributed by atoms with Gasteiger partial charge in [-0.3, -0.25) is 4.79 Å². The van der Waals surface area contributed by atoms with Gasteiger partial charge in [0.15, 0.2) is 0 Å². The van der Waals surface area contributed by atoms with Gasteiger partial charge in [-0.1, -0.05) is 29.8 Å². The average molecular weight is 469 g/mol. The maximum Gasteiger partial charge on any atom is 0.255 e. The molecule has 1 aliphatic carbocycles. The lowest BCUT2D eigenvalue weighted by atomic mass is 10.1. The monoisotopic (exact) mass is 468 g/mol. The molecule has 0 heterocycles. The van der Waals surface area contributed by atoms with Crippen LogP contribution < -0.4 is 14.8 Å². The van der Waals surface area contributed by atoms with Crippen LogP contribution in [0.5, 0.6) is 5.75 Å². The van der Waals surface area contributed by atoms with Crippen molar-refractivity contribution in [2.75, 3.05) is 5.32 Å². The molecular formula is C25H25FN2O4S. The third-order valence-electron chi connectivity index (χ3n) is 5.32. The molecule has 0 aromatic heterocycles. The number of carbonyl (C=O) groups is 1. The molecule has 1 saturated carbocycles. The minimum absolute atomic E-state index is 0.0479. The Balaban J connectivity index is 1.45.